The van der Waals surface area contributed by atoms with Gasteiger partial charge < -0.3 is 10.2 Å². The number of halogens is 3. The van der Waals surface area contributed by atoms with Gasteiger partial charge >= 0.3 is 0 Å². The molecule has 1 aromatic rings. The predicted molar refractivity (Wildman–Crippen MR) is 76.4 cm³/mol. The highest BCUT2D eigenvalue weighted by atomic mass is 35.5. The second kappa shape index (κ2) is 7.08. The molecule has 1 heterocycles. The highest BCUT2D eigenvalue weighted by Crippen LogP contribution is 2.20. The van der Waals surface area contributed by atoms with Crippen LogP contribution in [0.2, 0.25) is 5.02 Å². The SMILES string of the molecule is CC1CNCCN1C(=O)Cc1c(F)cccc1Cl.Cl. The van der Waals surface area contributed by atoms with Crippen LogP contribution in [0.15, 0.2) is 18.2 Å². The van der Waals surface area contributed by atoms with Crippen molar-refractivity contribution in [2.75, 3.05) is 19.6 Å². The normalized spacial score (nSPS) is 18.9. The number of rotatable bonds is 2. The minimum absolute atomic E-state index is 0. The van der Waals surface area contributed by atoms with Crippen LogP contribution in [-0.2, 0) is 11.2 Å². The molecule has 1 fully saturated rings. The van der Waals surface area contributed by atoms with Crippen molar-refractivity contribution >= 4 is 29.9 Å². The third kappa shape index (κ3) is 3.81. The molecule has 0 spiro atoms. The molecule has 1 aliphatic heterocycles. The van der Waals surface area contributed by atoms with Crippen molar-refractivity contribution in [2.24, 2.45) is 0 Å². The zero-order valence-corrected chi connectivity index (χ0v) is 12.2. The lowest BCUT2D eigenvalue weighted by Crippen LogP contribution is -2.52. The van der Waals surface area contributed by atoms with Gasteiger partial charge in [0.2, 0.25) is 5.91 Å². The monoisotopic (exact) mass is 306 g/mol. The average molecular weight is 307 g/mol. The molecular formula is C13H17Cl2FN2O. The van der Waals surface area contributed by atoms with Crippen LogP contribution in [0, 0.1) is 5.82 Å². The van der Waals surface area contributed by atoms with Gasteiger partial charge in [0.05, 0.1) is 6.42 Å². The summed E-state index contributed by atoms with van der Waals surface area (Å²) in [4.78, 5) is 13.9. The van der Waals surface area contributed by atoms with Gasteiger partial charge in [-0.05, 0) is 19.1 Å². The molecule has 0 aromatic heterocycles. The van der Waals surface area contributed by atoms with Gasteiger partial charge in [-0.2, -0.15) is 0 Å². The summed E-state index contributed by atoms with van der Waals surface area (Å²) >= 11 is 5.93. The average Bonchev–Trinajstić information content (AvgIpc) is 2.34. The highest BCUT2D eigenvalue weighted by molar-refractivity contribution is 6.31. The topological polar surface area (TPSA) is 32.3 Å². The van der Waals surface area contributed by atoms with Crippen molar-refractivity contribution in [1.82, 2.24) is 10.2 Å². The maximum Gasteiger partial charge on any atom is 0.227 e. The molecule has 0 bridgehead atoms. The van der Waals surface area contributed by atoms with Crippen LogP contribution in [0.1, 0.15) is 12.5 Å². The standard InChI is InChI=1S/C13H16ClFN2O.ClH/c1-9-8-16-5-6-17(9)13(18)7-10-11(14)3-2-4-12(10)15;/h2-4,9,16H,5-8H2,1H3;1H. The molecule has 0 radical (unpaired) electrons. The lowest BCUT2D eigenvalue weighted by molar-refractivity contribution is -0.133. The Kier molecular flexibility index (Phi) is 6.04. The summed E-state index contributed by atoms with van der Waals surface area (Å²) in [6.07, 6.45) is 0.0237. The van der Waals surface area contributed by atoms with Crippen molar-refractivity contribution in [2.45, 2.75) is 19.4 Å². The fourth-order valence-corrected chi connectivity index (χ4v) is 2.40. The van der Waals surface area contributed by atoms with Crippen molar-refractivity contribution < 1.29 is 9.18 Å². The quantitative estimate of drug-likeness (QED) is 0.909. The zero-order chi connectivity index (χ0) is 13.1. The second-order valence-electron chi connectivity index (χ2n) is 4.52. The largest absolute Gasteiger partial charge is 0.337 e. The first-order valence-electron chi connectivity index (χ1n) is 6.02. The molecule has 19 heavy (non-hydrogen) atoms. The van der Waals surface area contributed by atoms with Gasteiger partial charge in [0.1, 0.15) is 5.82 Å². The van der Waals surface area contributed by atoms with Crippen molar-refractivity contribution in [3.05, 3.63) is 34.6 Å². The molecular weight excluding hydrogens is 290 g/mol. The van der Waals surface area contributed by atoms with E-state index in [-0.39, 0.29) is 36.3 Å². The molecule has 1 saturated heterocycles. The summed E-state index contributed by atoms with van der Waals surface area (Å²) in [5.74, 6) is -0.491. The Morgan fingerprint density at radius 1 is 1.58 bits per heavy atom. The van der Waals surface area contributed by atoms with Gasteiger partial charge in [-0.3, -0.25) is 4.79 Å². The summed E-state index contributed by atoms with van der Waals surface area (Å²) < 4.78 is 13.6. The smallest absolute Gasteiger partial charge is 0.227 e. The summed E-state index contributed by atoms with van der Waals surface area (Å²) in [7, 11) is 0. The van der Waals surface area contributed by atoms with E-state index in [0.29, 0.717) is 11.6 Å². The molecule has 1 N–H and O–H groups in total. The van der Waals surface area contributed by atoms with Crippen LogP contribution in [-0.4, -0.2) is 36.5 Å². The summed E-state index contributed by atoms with van der Waals surface area (Å²) in [5.41, 5.74) is 0.287. The molecule has 6 heteroatoms. The van der Waals surface area contributed by atoms with E-state index in [4.69, 9.17) is 11.6 Å². The number of nitrogens with one attached hydrogen (secondary N) is 1. The van der Waals surface area contributed by atoms with Crippen LogP contribution in [0.3, 0.4) is 0 Å². The Morgan fingerprint density at radius 3 is 2.95 bits per heavy atom. The first-order valence-corrected chi connectivity index (χ1v) is 6.40. The number of benzene rings is 1. The highest BCUT2D eigenvalue weighted by Gasteiger charge is 2.24. The summed E-state index contributed by atoms with van der Waals surface area (Å²) in [5, 5.41) is 3.52. The van der Waals surface area contributed by atoms with Crippen LogP contribution in [0.5, 0.6) is 0 Å². The fourth-order valence-electron chi connectivity index (χ4n) is 2.17. The zero-order valence-electron chi connectivity index (χ0n) is 10.7. The Morgan fingerprint density at radius 2 is 2.32 bits per heavy atom. The lowest BCUT2D eigenvalue weighted by atomic mass is 10.1. The van der Waals surface area contributed by atoms with E-state index >= 15 is 0 Å². The Labute approximate surface area is 123 Å². The van der Waals surface area contributed by atoms with Crippen LogP contribution in [0.4, 0.5) is 4.39 Å². The number of hydrogen-bond acceptors (Lipinski definition) is 2. The Balaban J connectivity index is 0.00000180. The fraction of sp³-hybridized carbons (Fsp3) is 0.462. The van der Waals surface area contributed by atoms with Gasteiger partial charge in [0.25, 0.3) is 0 Å². The lowest BCUT2D eigenvalue weighted by Gasteiger charge is -2.34. The number of carbonyl (C=O) groups excluding carboxylic acids is 1. The van der Waals surface area contributed by atoms with Crippen LogP contribution in [0.25, 0.3) is 0 Å². The van der Waals surface area contributed by atoms with E-state index in [1.807, 2.05) is 6.92 Å². The van der Waals surface area contributed by atoms with E-state index < -0.39 is 5.82 Å². The van der Waals surface area contributed by atoms with Gasteiger partial charge in [-0.25, -0.2) is 4.39 Å². The molecule has 1 aliphatic rings. The van der Waals surface area contributed by atoms with Gasteiger partial charge in [0, 0.05) is 36.3 Å². The van der Waals surface area contributed by atoms with E-state index in [0.717, 1.165) is 13.1 Å². The van der Waals surface area contributed by atoms with E-state index in [1.54, 1.807) is 17.0 Å². The van der Waals surface area contributed by atoms with Gasteiger partial charge in [-0.1, -0.05) is 17.7 Å². The van der Waals surface area contributed by atoms with Crippen LogP contribution < -0.4 is 5.32 Å². The molecule has 3 nitrogen and oxygen atoms in total. The van der Waals surface area contributed by atoms with Crippen LogP contribution >= 0.6 is 24.0 Å². The number of piperazine rings is 1. The molecule has 1 amide bonds. The first kappa shape index (κ1) is 16.2. The van der Waals surface area contributed by atoms with Crippen molar-refractivity contribution in [1.29, 1.82) is 0 Å². The summed E-state index contributed by atoms with van der Waals surface area (Å²) in [6, 6.07) is 4.61. The van der Waals surface area contributed by atoms with Gasteiger partial charge in [0.15, 0.2) is 0 Å². The number of hydrogen-bond donors (Lipinski definition) is 1. The minimum atomic E-state index is -0.418. The van der Waals surface area contributed by atoms with Crippen molar-refractivity contribution in [3.63, 3.8) is 0 Å². The predicted octanol–water partition coefficient (Wildman–Crippen LogP) is 2.26. The molecule has 0 aliphatic carbocycles. The Hall–Kier alpha value is -0.840. The molecule has 0 saturated carbocycles. The maximum atomic E-state index is 13.6. The minimum Gasteiger partial charge on any atom is -0.337 e. The number of carbonyl (C=O) groups is 1. The molecule has 2 rings (SSSR count). The third-order valence-electron chi connectivity index (χ3n) is 3.21. The molecule has 1 aromatic carbocycles. The van der Waals surface area contributed by atoms with E-state index in [9.17, 15) is 9.18 Å². The van der Waals surface area contributed by atoms with E-state index in [1.165, 1.54) is 6.07 Å². The summed E-state index contributed by atoms with van der Waals surface area (Å²) in [6.45, 7) is 4.19. The molecule has 1 atom stereocenters. The molecule has 106 valence electrons. The first-order chi connectivity index (χ1) is 8.59. The van der Waals surface area contributed by atoms with Crippen molar-refractivity contribution in [3.8, 4) is 0 Å². The van der Waals surface area contributed by atoms with Gasteiger partial charge in [-0.15, -0.1) is 12.4 Å². The molecule has 1 unspecified atom stereocenters. The number of amides is 1. The van der Waals surface area contributed by atoms with E-state index in [2.05, 4.69) is 5.32 Å². The maximum absolute atomic E-state index is 13.6. The Bertz CT molecular complexity index is 436. The second-order valence-corrected chi connectivity index (χ2v) is 4.92. The third-order valence-corrected chi connectivity index (χ3v) is 3.57. The number of nitrogens with zero attached hydrogens (tertiary/aromatic N) is 1.